The quantitative estimate of drug-likeness (QED) is 0.579. The molecule has 0 bridgehead atoms. The molecule has 22 heavy (non-hydrogen) atoms. The number of hydrogen-bond acceptors (Lipinski definition) is 2. The van der Waals surface area contributed by atoms with E-state index < -0.39 is 0 Å². The molecular weight excluding hydrogens is 274 g/mol. The molecule has 2 aliphatic rings. The van der Waals surface area contributed by atoms with Crippen molar-refractivity contribution in [2.45, 2.75) is 59.3 Å². The van der Waals surface area contributed by atoms with E-state index in [1.165, 1.54) is 38.5 Å². The van der Waals surface area contributed by atoms with Crippen molar-refractivity contribution in [1.82, 2.24) is 10.2 Å². The maximum Gasteiger partial charge on any atom is 0.193 e. The molecule has 2 fully saturated rings. The van der Waals surface area contributed by atoms with E-state index in [2.05, 4.69) is 31.0 Å². The van der Waals surface area contributed by atoms with Gasteiger partial charge in [-0.1, -0.05) is 33.1 Å². The highest BCUT2D eigenvalue weighted by Gasteiger charge is 2.42. The molecule has 2 unspecified atom stereocenters. The molecule has 2 atom stereocenters. The molecule has 4 nitrogen and oxygen atoms in total. The van der Waals surface area contributed by atoms with Crippen molar-refractivity contribution >= 4 is 5.96 Å². The zero-order valence-electron chi connectivity index (χ0n) is 14.9. The highest BCUT2D eigenvalue weighted by molar-refractivity contribution is 5.80. The fourth-order valence-electron chi connectivity index (χ4n) is 3.65. The molecule has 1 N–H and O–H groups in total. The van der Waals surface area contributed by atoms with E-state index >= 15 is 0 Å². The van der Waals surface area contributed by atoms with Gasteiger partial charge in [-0.15, -0.1) is 0 Å². The molecule has 0 radical (unpaired) electrons. The van der Waals surface area contributed by atoms with Crippen LogP contribution in [-0.2, 0) is 4.74 Å². The predicted molar refractivity (Wildman–Crippen MR) is 93.3 cm³/mol. The number of unbranched alkanes of at least 4 members (excludes halogenated alkanes) is 1. The summed E-state index contributed by atoms with van der Waals surface area (Å²) in [6, 6.07) is 0. The maximum absolute atomic E-state index is 5.64. The zero-order chi connectivity index (χ0) is 15.8. The summed E-state index contributed by atoms with van der Waals surface area (Å²) in [5, 5.41) is 3.50. The van der Waals surface area contributed by atoms with E-state index in [-0.39, 0.29) is 0 Å². The lowest BCUT2D eigenvalue weighted by molar-refractivity contribution is 0.156. The second-order valence-electron chi connectivity index (χ2n) is 7.09. The van der Waals surface area contributed by atoms with E-state index in [9.17, 15) is 0 Å². The highest BCUT2D eigenvalue weighted by atomic mass is 16.5. The molecule has 128 valence electrons. The number of likely N-dealkylation sites (tertiary alicyclic amines) is 1. The van der Waals surface area contributed by atoms with E-state index in [4.69, 9.17) is 9.73 Å². The Labute approximate surface area is 136 Å². The molecule has 2 aliphatic heterocycles. The van der Waals surface area contributed by atoms with Crippen LogP contribution in [0.25, 0.3) is 0 Å². The molecule has 0 aromatic carbocycles. The van der Waals surface area contributed by atoms with Crippen molar-refractivity contribution in [3.8, 4) is 0 Å². The van der Waals surface area contributed by atoms with Crippen LogP contribution in [0.3, 0.4) is 0 Å². The normalized spacial score (nSPS) is 26.9. The van der Waals surface area contributed by atoms with E-state index in [0.29, 0.717) is 5.41 Å². The summed E-state index contributed by atoms with van der Waals surface area (Å²) in [6.07, 6.45) is 7.64. The fourth-order valence-corrected chi connectivity index (χ4v) is 3.65. The molecule has 2 saturated heterocycles. The lowest BCUT2D eigenvalue weighted by Gasteiger charge is -2.25. The van der Waals surface area contributed by atoms with Crippen molar-refractivity contribution in [1.29, 1.82) is 0 Å². The second-order valence-corrected chi connectivity index (χ2v) is 7.09. The van der Waals surface area contributed by atoms with Gasteiger partial charge in [0.05, 0.1) is 6.61 Å². The third-order valence-corrected chi connectivity index (χ3v) is 5.30. The summed E-state index contributed by atoms with van der Waals surface area (Å²) >= 11 is 0. The number of aliphatic imine (C=N–C) groups is 1. The Balaban J connectivity index is 1.92. The number of rotatable bonds is 7. The first kappa shape index (κ1) is 17.6. The summed E-state index contributed by atoms with van der Waals surface area (Å²) in [5.74, 6) is 1.86. The highest BCUT2D eigenvalue weighted by Crippen LogP contribution is 2.38. The van der Waals surface area contributed by atoms with Crippen LogP contribution in [0.5, 0.6) is 0 Å². The van der Waals surface area contributed by atoms with Crippen LogP contribution in [0.4, 0.5) is 0 Å². The summed E-state index contributed by atoms with van der Waals surface area (Å²) in [4.78, 5) is 7.43. The third-order valence-electron chi connectivity index (χ3n) is 5.30. The summed E-state index contributed by atoms with van der Waals surface area (Å²) < 4.78 is 5.64. The van der Waals surface area contributed by atoms with Crippen LogP contribution in [-0.4, -0.2) is 50.3 Å². The maximum atomic E-state index is 5.64. The van der Waals surface area contributed by atoms with Crippen molar-refractivity contribution in [3.05, 3.63) is 0 Å². The van der Waals surface area contributed by atoms with Crippen molar-refractivity contribution < 1.29 is 4.74 Å². The molecule has 0 amide bonds. The lowest BCUT2D eigenvalue weighted by Crippen LogP contribution is -2.41. The molecular formula is C18H35N3O. The van der Waals surface area contributed by atoms with Crippen LogP contribution < -0.4 is 5.32 Å². The van der Waals surface area contributed by atoms with Gasteiger partial charge < -0.3 is 15.0 Å². The largest absolute Gasteiger partial charge is 0.381 e. The SMILES string of the molecule is CCCCC(CC)CN=C(NCC)N1CCC2(CCOC2)C1. The number of nitrogens with one attached hydrogen (secondary N) is 1. The van der Waals surface area contributed by atoms with Gasteiger partial charge in [0, 0.05) is 38.2 Å². The zero-order valence-corrected chi connectivity index (χ0v) is 14.9. The van der Waals surface area contributed by atoms with E-state index in [0.717, 1.165) is 51.3 Å². The van der Waals surface area contributed by atoms with Gasteiger partial charge in [-0.05, 0) is 32.1 Å². The molecule has 0 saturated carbocycles. The topological polar surface area (TPSA) is 36.9 Å². The molecule has 2 rings (SSSR count). The Hall–Kier alpha value is -0.770. The Bertz CT molecular complexity index is 350. The number of ether oxygens (including phenoxy) is 1. The number of hydrogen-bond donors (Lipinski definition) is 1. The Morgan fingerprint density at radius 3 is 2.82 bits per heavy atom. The van der Waals surface area contributed by atoms with Crippen molar-refractivity contribution in [3.63, 3.8) is 0 Å². The number of guanidine groups is 1. The van der Waals surface area contributed by atoms with Gasteiger partial charge >= 0.3 is 0 Å². The lowest BCUT2D eigenvalue weighted by atomic mass is 9.87. The van der Waals surface area contributed by atoms with Crippen LogP contribution in [0.15, 0.2) is 4.99 Å². The van der Waals surface area contributed by atoms with Crippen molar-refractivity contribution in [2.24, 2.45) is 16.3 Å². The van der Waals surface area contributed by atoms with Gasteiger partial charge in [0.25, 0.3) is 0 Å². The first-order valence-corrected chi connectivity index (χ1v) is 9.34. The van der Waals surface area contributed by atoms with Crippen LogP contribution in [0.2, 0.25) is 0 Å². The smallest absolute Gasteiger partial charge is 0.193 e. The summed E-state index contributed by atoms with van der Waals surface area (Å²) in [7, 11) is 0. The predicted octanol–water partition coefficient (Wildman–Crippen LogP) is 3.28. The molecule has 4 heteroatoms. The fraction of sp³-hybridized carbons (Fsp3) is 0.944. The van der Waals surface area contributed by atoms with Gasteiger partial charge in [0.2, 0.25) is 0 Å². The summed E-state index contributed by atoms with van der Waals surface area (Å²) in [5.41, 5.74) is 0.405. The van der Waals surface area contributed by atoms with Crippen LogP contribution >= 0.6 is 0 Å². The minimum absolute atomic E-state index is 0.405. The molecule has 1 spiro atoms. The van der Waals surface area contributed by atoms with Crippen LogP contribution in [0, 0.1) is 11.3 Å². The van der Waals surface area contributed by atoms with E-state index in [1.807, 2.05) is 0 Å². The Morgan fingerprint density at radius 1 is 1.32 bits per heavy atom. The van der Waals surface area contributed by atoms with E-state index in [1.54, 1.807) is 0 Å². The third kappa shape index (κ3) is 4.61. The van der Waals surface area contributed by atoms with Crippen molar-refractivity contribution in [2.75, 3.05) is 39.4 Å². The van der Waals surface area contributed by atoms with Gasteiger partial charge in [0.1, 0.15) is 0 Å². The standard InChI is InChI=1S/C18H35N3O/c1-4-7-8-16(5-2)13-20-17(19-6-3)21-11-9-18(14-21)10-12-22-15-18/h16H,4-15H2,1-3H3,(H,19,20). The summed E-state index contributed by atoms with van der Waals surface area (Å²) in [6.45, 7) is 12.8. The first-order valence-electron chi connectivity index (χ1n) is 9.34. The average Bonchev–Trinajstić information content (AvgIpc) is 3.17. The Morgan fingerprint density at radius 2 is 2.18 bits per heavy atom. The monoisotopic (exact) mass is 309 g/mol. The molecule has 2 heterocycles. The number of nitrogens with zero attached hydrogens (tertiary/aromatic N) is 2. The average molecular weight is 309 g/mol. The Kier molecular flexibility index (Phi) is 7.00. The van der Waals surface area contributed by atoms with Gasteiger partial charge in [-0.25, -0.2) is 0 Å². The second kappa shape index (κ2) is 8.76. The van der Waals surface area contributed by atoms with Crippen LogP contribution in [0.1, 0.15) is 59.3 Å². The van der Waals surface area contributed by atoms with Gasteiger partial charge in [0.15, 0.2) is 5.96 Å². The van der Waals surface area contributed by atoms with Gasteiger partial charge in [-0.3, -0.25) is 4.99 Å². The minimum Gasteiger partial charge on any atom is -0.381 e. The minimum atomic E-state index is 0.405. The molecule has 0 aromatic rings. The first-order chi connectivity index (χ1) is 10.7. The molecule has 0 aromatic heterocycles. The molecule has 0 aliphatic carbocycles. The van der Waals surface area contributed by atoms with Gasteiger partial charge in [-0.2, -0.15) is 0 Å².